The number of aromatic amines is 1. The highest BCUT2D eigenvalue weighted by atomic mass is 15.1. The summed E-state index contributed by atoms with van der Waals surface area (Å²) < 4.78 is 0. The monoisotopic (exact) mass is 188 g/mol. The molecule has 2 aromatic rings. The molecule has 0 saturated heterocycles. The standard InChI is InChI=1S/C12H16N2/c1-4-9-5-10(8(2)3)11-7-13-14-12(11)6-9/h5-8H,4H2,1-3H3,(H,13,14). The number of benzene rings is 1. The fourth-order valence-corrected chi connectivity index (χ4v) is 1.82. The summed E-state index contributed by atoms with van der Waals surface area (Å²) in [5, 5.41) is 8.40. The third-order valence-corrected chi connectivity index (χ3v) is 2.68. The Balaban J connectivity index is 2.70. The van der Waals surface area contributed by atoms with Crippen molar-refractivity contribution in [3.05, 3.63) is 29.5 Å². The van der Waals surface area contributed by atoms with Gasteiger partial charge in [-0.15, -0.1) is 0 Å². The second-order valence-electron chi connectivity index (χ2n) is 4.02. The van der Waals surface area contributed by atoms with Crippen molar-refractivity contribution < 1.29 is 0 Å². The Hall–Kier alpha value is -1.31. The second-order valence-corrected chi connectivity index (χ2v) is 4.02. The third-order valence-electron chi connectivity index (χ3n) is 2.68. The largest absolute Gasteiger partial charge is 0.278 e. The van der Waals surface area contributed by atoms with Crippen molar-refractivity contribution in [1.82, 2.24) is 10.2 Å². The first-order chi connectivity index (χ1) is 6.72. The van der Waals surface area contributed by atoms with Gasteiger partial charge in [-0.25, -0.2) is 0 Å². The summed E-state index contributed by atoms with van der Waals surface area (Å²) in [6, 6.07) is 4.48. The minimum Gasteiger partial charge on any atom is -0.278 e. The fraction of sp³-hybridized carbons (Fsp3) is 0.417. The van der Waals surface area contributed by atoms with Crippen molar-refractivity contribution in [1.29, 1.82) is 0 Å². The Bertz CT molecular complexity index is 441. The van der Waals surface area contributed by atoms with E-state index in [1.165, 1.54) is 16.5 Å². The molecule has 1 N–H and O–H groups in total. The van der Waals surface area contributed by atoms with Gasteiger partial charge in [0, 0.05) is 5.39 Å². The first-order valence-electron chi connectivity index (χ1n) is 5.18. The van der Waals surface area contributed by atoms with Crippen LogP contribution in [0.25, 0.3) is 10.9 Å². The molecule has 1 aromatic carbocycles. The highest BCUT2D eigenvalue weighted by molar-refractivity contribution is 5.83. The number of hydrogen-bond donors (Lipinski definition) is 1. The second kappa shape index (κ2) is 3.45. The van der Waals surface area contributed by atoms with Crippen LogP contribution in [0.4, 0.5) is 0 Å². The molecule has 1 heterocycles. The maximum atomic E-state index is 4.09. The maximum Gasteiger partial charge on any atom is 0.0655 e. The molecule has 1 aromatic heterocycles. The van der Waals surface area contributed by atoms with Gasteiger partial charge in [0.2, 0.25) is 0 Å². The lowest BCUT2D eigenvalue weighted by molar-refractivity contribution is 0.872. The van der Waals surface area contributed by atoms with Crippen LogP contribution in [0.1, 0.15) is 37.8 Å². The smallest absolute Gasteiger partial charge is 0.0655 e. The normalized spacial score (nSPS) is 11.4. The minimum absolute atomic E-state index is 0.557. The average molecular weight is 188 g/mol. The number of hydrogen-bond acceptors (Lipinski definition) is 1. The molecule has 74 valence electrons. The molecule has 2 nitrogen and oxygen atoms in total. The van der Waals surface area contributed by atoms with Gasteiger partial charge < -0.3 is 0 Å². The molecule has 0 spiro atoms. The van der Waals surface area contributed by atoms with E-state index in [0.717, 1.165) is 11.9 Å². The van der Waals surface area contributed by atoms with Crippen molar-refractivity contribution >= 4 is 10.9 Å². The molecule has 0 atom stereocenters. The first-order valence-corrected chi connectivity index (χ1v) is 5.18. The molecular formula is C12H16N2. The molecule has 0 fully saturated rings. The van der Waals surface area contributed by atoms with E-state index in [0.29, 0.717) is 5.92 Å². The van der Waals surface area contributed by atoms with Gasteiger partial charge in [0.15, 0.2) is 0 Å². The van der Waals surface area contributed by atoms with E-state index in [4.69, 9.17) is 0 Å². The Morgan fingerprint density at radius 2 is 2.14 bits per heavy atom. The van der Waals surface area contributed by atoms with Crippen LogP contribution in [-0.4, -0.2) is 10.2 Å². The first kappa shape index (κ1) is 9.25. The van der Waals surface area contributed by atoms with Gasteiger partial charge in [0.05, 0.1) is 11.7 Å². The number of fused-ring (bicyclic) bond motifs is 1. The van der Waals surface area contributed by atoms with Crippen molar-refractivity contribution in [2.45, 2.75) is 33.1 Å². The molecule has 0 unspecified atom stereocenters. The number of nitrogens with zero attached hydrogens (tertiary/aromatic N) is 1. The Kier molecular flexibility index (Phi) is 2.28. The molecule has 0 bridgehead atoms. The molecule has 14 heavy (non-hydrogen) atoms. The predicted molar refractivity (Wildman–Crippen MR) is 59.6 cm³/mol. The van der Waals surface area contributed by atoms with E-state index in [1.807, 2.05) is 6.20 Å². The van der Waals surface area contributed by atoms with Crippen molar-refractivity contribution in [2.24, 2.45) is 0 Å². The number of aromatic nitrogens is 2. The van der Waals surface area contributed by atoms with Gasteiger partial charge in [-0.2, -0.15) is 5.10 Å². The van der Waals surface area contributed by atoms with Gasteiger partial charge in [-0.05, 0) is 29.5 Å². The van der Waals surface area contributed by atoms with Gasteiger partial charge in [-0.1, -0.05) is 26.8 Å². The topological polar surface area (TPSA) is 28.7 Å². The zero-order valence-electron chi connectivity index (χ0n) is 8.96. The number of aryl methyl sites for hydroxylation is 1. The lowest BCUT2D eigenvalue weighted by atomic mass is 9.96. The van der Waals surface area contributed by atoms with Gasteiger partial charge in [-0.3, -0.25) is 5.10 Å². The summed E-state index contributed by atoms with van der Waals surface area (Å²) >= 11 is 0. The Morgan fingerprint density at radius 1 is 1.36 bits per heavy atom. The quantitative estimate of drug-likeness (QED) is 0.770. The SMILES string of the molecule is CCc1cc(C(C)C)c2cn[nH]c2c1. The summed E-state index contributed by atoms with van der Waals surface area (Å²) in [4.78, 5) is 0. The summed E-state index contributed by atoms with van der Waals surface area (Å²) in [6.45, 7) is 6.63. The zero-order valence-corrected chi connectivity index (χ0v) is 8.96. The van der Waals surface area contributed by atoms with Gasteiger partial charge in [0.25, 0.3) is 0 Å². The van der Waals surface area contributed by atoms with E-state index in [1.54, 1.807) is 0 Å². The average Bonchev–Trinajstić information content (AvgIpc) is 2.63. The maximum absolute atomic E-state index is 4.09. The highest BCUT2D eigenvalue weighted by Gasteiger charge is 2.07. The van der Waals surface area contributed by atoms with E-state index < -0.39 is 0 Å². The third kappa shape index (κ3) is 1.41. The van der Waals surface area contributed by atoms with E-state index >= 15 is 0 Å². The molecular weight excluding hydrogens is 172 g/mol. The lowest BCUT2D eigenvalue weighted by Crippen LogP contribution is -1.91. The number of H-pyrrole nitrogens is 1. The molecule has 0 aliphatic heterocycles. The Morgan fingerprint density at radius 3 is 2.79 bits per heavy atom. The van der Waals surface area contributed by atoms with Crippen LogP contribution >= 0.6 is 0 Å². The van der Waals surface area contributed by atoms with Crippen LogP contribution in [-0.2, 0) is 6.42 Å². The number of rotatable bonds is 2. The molecule has 2 heteroatoms. The van der Waals surface area contributed by atoms with Crippen LogP contribution in [0.2, 0.25) is 0 Å². The molecule has 0 aliphatic carbocycles. The van der Waals surface area contributed by atoms with E-state index in [9.17, 15) is 0 Å². The summed E-state index contributed by atoms with van der Waals surface area (Å²) in [7, 11) is 0. The molecule has 0 saturated carbocycles. The molecule has 2 rings (SSSR count). The molecule has 0 radical (unpaired) electrons. The predicted octanol–water partition coefficient (Wildman–Crippen LogP) is 3.25. The van der Waals surface area contributed by atoms with E-state index in [2.05, 4.69) is 43.1 Å². The van der Waals surface area contributed by atoms with Crippen LogP contribution < -0.4 is 0 Å². The van der Waals surface area contributed by atoms with Crippen molar-refractivity contribution in [3.63, 3.8) is 0 Å². The number of nitrogens with one attached hydrogen (secondary N) is 1. The van der Waals surface area contributed by atoms with E-state index in [-0.39, 0.29) is 0 Å². The van der Waals surface area contributed by atoms with Crippen molar-refractivity contribution in [2.75, 3.05) is 0 Å². The minimum atomic E-state index is 0.557. The molecule has 0 amide bonds. The lowest BCUT2D eigenvalue weighted by Gasteiger charge is -2.08. The highest BCUT2D eigenvalue weighted by Crippen LogP contribution is 2.25. The zero-order chi connectivity index (χ0) is 10.1. The fourth-order valence-electron chi connectivity index (χ4n) is 1.82. The van der Waals surface area contributed by atoms with Crippen LogP contribution in [0.5, 0.6) is 0 Å². The summed E-state index contributed by atoms with van der Waals surface area (Å²) in [5.41, 5.74) is 3.94. The van der Waals surface area contributed by atoms with Crippen molar-refractivity contribution in [3.8, 4) is 0 Å². The molecule has 0 aliphatic rings. The van der Waals surface area contributed by atoms with Crippen LogP contribution in [0, 0.1) is 0 Å². The van der Waals surface area contributed by atoms with Crippen LogP contribution in [0.3, 0.4) is 0 Å². The Labute approximate surface area is 84.3 Å². The summed E-state index contributed by atoms with van der Waals surface area (Å²) in [5.74, 6) is 0.557. The van der Waals surface area contributed by atoms with Gasteiger partial charge >= 0.3 is 0 Å². The van der Waals surface area contributed by atoms with Gasteiger partial charge in [0.1, 0.15) is 0 Å². The van der Waals surface area contributed by atoms with Crippen LogP contribution in [0.15, 0.2) is 18.3 Å². The summed E-state index contributed by atoms with van der Waals surface area (Å²) in [6.07, 6.45) is 3.00.